The van der Waals surface area contributed by atoms with Gasteiger partial charge in [-0.15, -0.1) is 0 Å². The van der Waals surface area contributed by atoms with E-state index in [2.05, 4.69) is 77.2 Å². The first kappa shape index (κ1) is 15.9. The Bertz CT molecular complexity index is 858. The molecule has 0 unspecified atom stereocenters. The first-order valence-electron chi connectivity index (χ1n) is 9.25. The molecule has 0 fully saturated rings. The summed E-state index contributed by atoms with van der Waals surface area (Å²) in [6.45, 7) is 14.3. The van der Waals surface area contributed by atoms with Crippen molar-refractivity contribution < 1.29 is 0 Å². The molecule has 124 valence electrons. The van der Waals surface area contributed by atoms with Crippen LogP contribution in [0.2, 0.25) is 13.1 Å². The molecule has 0 atom stereocenters. The average Bonchev–Trinajstić information content (AvgIpc) is 2.98. The molecule has 1 heterocycles. The zero-order chi connectivity index (χ0) is 17.3. The summed E-state index contributed by atoms with van der Waals surface area (Å²) in [6, 6.07) is 14.2. The Hall–Kier alpha value is -1.60. The van der Waals surface area contributed by atoms with Crippen molar-refractivity contribution in [3.05, 3.63) is 58.7 Å². The zero-order valence-electron chi connectivity index (χ0n) is 15.9. The van der Waals surface area contributed by atoms with Crippen LogP contribution in [0.4, 0.5) is 0 Å². The summed E-state index contributed by atoms with van der Waals surface area (Å²) in [6.07, 6.45) is 2.39. The maximum atomic E-state index is 2.54. The summed E-state index contributed by atoms with van der Waals surface area (Å²) in [4.78, 5) is 0. The topological polar surface area (TPSA) is 0 Å². The first-order chi connectivity index (χ1) is 11.2. The molecule has 2 aromatic rings. The van der Waals surface area contributed by atoms with E-state index in [1.54, 1.807) is 32.6 Å². The van der Waals surface area contributed by atoms with E-state index in [-0.39, 0.29) is 5.41 Å². The van der Waals surface area contributed by atoms with Gasteiger partial charge in [0.2, 0.25) is 0 Å². The molecule has 1 aliphatic heterocycles. The molecule has 0 nitrogen and oxygen atoms in total. The predicted molar refractivity (Wildman–Crippen MR) is 109 cm³/mol. The second kappa shape index (κ2) is 4.95. The van der Waals surface area contributed by atoms with Crippen LogP contribution in [-0.2, 0) is 11.8 Å². The quantitative estimate of drug-likeness (QED) is 0.606. The van der Waals surface area contributed by atoms with E-state index >= 15 is 0 Å². The monoisotopic (exact) mass is 332 g/mol. The van der Waals surface area contributed by atoms with Crippen molar-refractivity contribution in [2.75, 3.05) is 0 Å². The molecule has 0 radical (unpaired) electrons. The van der Waals surface area contributed by atoms with Gasteiger partial charge in [-0.1, -0.05) is 82.8 Å². The smallest absolute Gasteiger partial charge is 0.0658 e. The van der Waals surface area contributed by atoms with Crippen LogP contribution in [0, 0.1) is 0 Å². The van der Waals surface area contributed by atoms with Crippen molar-refractivity contribution >= 4 is 18.5 Å². The third-order valence-electron chi connectivity index (χ3n) is 6.06. The van der Waals surface area contributed by atoms with Crippen LogP contribution in [0.3, 0.4) is 0 Å². The molecule has 4 rings (SSSR count). The van der Waals surface area contributed by atoms with Crippen LogP contribution in [-0.4, -0.2) is 8.07 Å². The van der Waals surface area contributed by atoms with Gasteiger partial charge >= 0.3 is 0 Å². The van der Waals surface area contributed by atoms with Crippen molar-refractivity contribution in [1.29, 1.82) is 0 Å². The highest BCUT2D eigenvalue weighted by Gasteiger charge is 2.45. The lowest BCUT2D eigenvalue weighted by Gasteiger charge is -2.22. The minimum atomic E-state index is -1.52. The van der Waals surface area contributed by atoms with E-state index in [4.69, 9.17) is 0 Å². The minimum absolute atomic E-state index is 0.217. The summed E-state index contributed by atoms with van der Waals surface area (Å²) < 4.78 is 0. The van der Waals surface area contributed by atoms with E-state index in [0.29, 0.717) is 0 Å². The second-order valence-electron chi connectivity index (χ2n) is 8.98. The molecule has 2 aromatic carbocycles. The molecule has 0 saturated carbocycles. The lowest BCUT2D eigenvalue weighted by atomic mass is 9.86. The van der Waals surface area contributed by atoms with Crippen molar-refractivity contribution in [3.63, 3.8) is 0 Å². The highest BCUT2D eigenvalue weighted by molar-refractivity contribution is 7.07. The summed E-state index contributed by atoms with van der Waals surface area (Å²) >= 11 is 0. The van der Waals surface area contributed by atoms with Crippen LogP contribution in [0.5, 0.6) is 0 Å². The standard InChI is InChI=1S/C23H28Si/c1-7-15-14-17-10-13-19-20(21(17)22(15)24(19,5)6)16-8-11-18(12-9-16)23(2,3)4/h8-13H,7,14H2,1-6H3. The summed E-state index contributed by atoms with van der Waals surface area (Å²) in [5.74, 6) is 0. The lowest BCUT2D eigenvalue weighted by molar-refractivity contribution is 0.590. The molecule has 0 N–H and O–H groups in total. The lowest BCUT2D eigenvalue weighted by Crippen LogP contribution is -2.39. The van der Waals surface area contributed by atoms with Crippen LogP contribution in [0.15, 0.2) is 42.0 Å². The predicted octanol–water partition coefficient (Wildman–Crippen LogP) is 5.84. The fourth-order valence-corrected chi connectivity index (χ4v) is 8.45. The average molecular weight is 333 g/mol. The number of allylic oxidation sites excluding steroid dienone is 1. The Kier molecular flexibility index (Phi) is 3.28. The van der Waals surface area contributed by atoms with Crippen LogP contribution in [0.1, 0.15) is 50.8 Å². The molecule has 2 bridgehead atoms. The molecule has 24 heavy (non-hydrogen) atoms. The third-order valence-corrected chi connectivity index (χ3v) is 9.68. The Morgan fingerprint density at radius 3 is 2.17 bits per heavy atom. The zero-order valence-corrected chi connectivity index (χ0v) is 16.9. The van der Waals surface area contributed by atoms with Crippen molar-refractivity contribution in [3.8, 4) is 11.1 Å². The van der Waals surface area contributed by atoms with Gasteiger partial charge in [0.15, 0.2) is 0 Å². The van der Waals surface area contributed by atoms with E-state index in [0.717, 1.165) is 0 Å². The number of hydrogen-bond donors (Lipinski definition) is 0. The normalized spacial score (nSPS) is 17.8. The van der Waals surface area contributed by atoms with Gasteiger partial charge in [-0.25, -0.2) is 0 Å². The maximum Gasteiger partial charge on any atom is 0.113 e. The number of hydrogen-bond acceptors (Lipinski definition) is 0. The fraction of sp³-hybridized carbons (Fsp3) is 0.391. The van der Waals surface area contributed by atoms with Gasteiger partial charge in [-0.3, -0.25) is 0 Å². The van der Waals surface area contributed by atoms with E-state index < -0.39 is 8.07 Å². The Morgan fingerprint density at radius 1 is 0.917 bits per heavy atom. The second-order valence-corrected chi connectivity index (χ2v) is 13.3. The van der Waals surface area contributed by atoms with E-state index in [1.165, 1.54) is 24.0 Å². The molecule has 0 spiro atoms. The summed E-state index contributed by atoms with van der Waals surface area (Å²) in [5, 5.41) is 3.40. The summed E-state index contributed by atoms with van der Waals surface area (Å²) in [5.41, 5.74) is 9.50. The Labute approximate surface area is 147 Å². The Morgan fingerprint density at radius 2 is 1.58 bits per heavy atom. The van der Waals surface area contributed by atoms with Crippen molar-refractivity contribution in [2.24, 2.45) is 0 Å². The van der Waals surface area contributed by atoms with E-state index in [1.807, 2.05) is 0 Å². The van der Waals surface area contributed by atoms with E-state index in [9.17, 15) is 0 Å². The fourth-order valence-electron chi connectivity index (χ4n) is 4.72. The molecule has 1 aliphatic carbocycles. The molecule has 0 amide bonds. The first-order valence-corrected chi connectivity index (χ1v) is 12.2. The highest BCUT2D eigenvalue weighted by atomic mass is 28.3. The van der Waals surface area contributed by atoms with Crippen LogP contribution < -0.4 is 5.19 Å². The van der Waals surface area contributed by atoms with Gasteiger partial charge in [0, 0.05) is 0 Å². The van der Waals surface area contributed by atoms with Crippen LogP contribution in [0.25, 0.3) is 16.3 Å². The van der Waals surface area contributed by atoms with Gasteiger partial charge in [0.1, 0.15) is 8.07 Å². The molecule has 0 aromatic heterocycles. The van der Waals surface area contributed by atoms with Gasteiger partial charge in [-0.2, -0.15) is 0 Å². The number of fused-ring (bicyclic) bond motifs is 1. The van der Waals surface area contributed by atoms with Gasteiger partial charge in [0.25, 0.3) is 0 Å². The molecule has 2 aliphatic rings. The molecule has 1 heteroatoms. The highest BCUT2D eigenvalue weighted by Crippen LogP contribution is 2.49. The number of rotatable bonds is 2. The third kappa shape index (κ3) is 2.04. The van der Waals surface area contributed by atoms with Gasteiger partial charge in [0.05, 0.1) is 0 Å². The molecule has 0 saturated heterocycles. The molecular formula is C23H28Si. The van der Waals surface area contributed by atoms with Gasteiger partial charge < -0.3 is 0 Å². The Balaban J connectivity index is 1.93. The SMILES string of the molecule is CCC1=C2c3c(ccc(c3-c3ccc(C(C)(C)C)cc3)[Si]2(C)C)C1. The minimum Gasteiger partial charge on any atom is -0.0658 e. The van der Waals surface area contributed by atoms with Crippen molar-refractivity contribution in [2.45, 2.75) is 59.0 Å². The number of benzene rings is 2. The molecular weight excluding hydrogens is 304 g/mol. The largest absolute Gasteiger partial charge is 0.113 e. The maximum absolute atomic E-state index is 2.54. The van der Waals surface area contributed by atoms with Crippen LogP contribution >= 0.6 is 0 Å². The van der Waals surface area contributed by atoms with Gasteiger partial charge in [-0.05, 0) is 56.5 Å². The summed E-state index contributed by atoms with van der Waals surface area (Å²) in [7, 11) is -1.52. The van der Waals surface area contributed by atoms with Crippen molar-refractivity contribution in [1.82, 2.24) is 0 Å².